The second-order valence-electron chi connectivity index (χ2n) is 8.14. The molecule has 0 bridgehead atoms. The van der Waals surface area contributed by atoms with Gasteiger partial charge in [0.15, 0.2) is 0 Å². The van der Waals surface area contributed by atoms with Crippen molar-refractivity contribution in [2.45, 2.75) is 51.1 Å². The van der Waals surface area contributed by atoms with Gasteiger partial charge in [0.25, 0.3) is 11.8 Å². The van der Waals surface area contributed by atoms with Crippen molar-refractivity contribution in [1.82, 2.24) is 10.2 Å². The average Bonchev–Trinajstić information content (AvgIpc) is 2.78. The maximum Gasteiger partial charge on any atom is 0.254 e. The summed E-state index contributed by atoms with van der Waals surface area (Å²) in [6.07, 6.45) is 7.16. The second kappa shape index (κ2) is 8.76. The summed E-state index contributed by atoms with van der Waals surface area (Å²) in [7, 11) is 0. The maximum absolute atomic E-state index is 13.1. The molecule has 1 aliphatic heterocycles. The number of carbonyl (C=O) groups excluding carboxylic acids is 2. The van der Waals surface area contributed by atoms with Crippen molar-refractivity contribution in [3.63, 3.8) is 0 Å². The molecule has 0 radical (unpaired) electrons. The molecule has 5 heteroatoms. The Kier molecular flexibility index (Phi) is 5.93. The zero-order valence-corrected chi connectivity index (χ0v) is 16.6. The van der Waals surface area contributed by atoms with Gasteiger partial charge in [0.1, 0.15) is 5.82 Å². The van der Waals surface area contributed by atoms with E-state index >= 15 is 0 Å². The summed E-state index contributed by atoms with van der Waals surface area (Å²) in [4.78, 5) is 27.5. The third-order valence-electron chi connectivity index (χ3n) is 6.26. The Labute approximate surface area is 171 Å². The molecular weight excluding hydrogens is 367 g/mol. The van der Waals surface area contributed by atoms with Gasteiger partial charge in [0.2, 0.25) is 0 Å². The van der Waals surface area contributed by atoms with Crippen LogP contribution in [0.15, 0.2) is 48.5 Å². The molecule has 1 saturated carbocycles. The van der Waals surface area contributed by atoms with E-state index in [2.05, 4.69) is 10.2 Å². The van der Waals surface area contributed by atoms with Gasteiger partial charge in [-0.1, -0.05) is 25.0 Å². The van der Waals surface area contributed by atoms with Crippen molar-refractivity contribution >= 4 is 11.8 Å². The summed E-state index contributed by atoms with van der Waals surface area (Å²) >= 11 is 0. The van der Waals surface area contributed by atoms with Gasteiger partial charge >= 0.3 is 0 Å². The lowest BCUT2D eigenvalue weighted by Gasteiger charge is -2.44. The van der Waals surface area contributed by atoms with Crippen LogP contribution >= 0.6 is 0 Å². The fraction of sp³-hybridized carbons (Fsp3) is 0.417. The van der Waals surface area contributed by atoms with Crippen molar-refractivity contribution in [3.05, 3.63) is 71.0 Å². The SMILES string of the molecule is O=C(NCc1ccc(F)cc1)c1ccc(C(=O)N2CCCC3CCCCC32)cc1. The van der Waals surface area contributed by atoms with Crippen LogP contribution in [0.5, 0.6) is 0 Å². The molecule has 4 rings (SSSR count). The molecule has 2 aromatic rings. The maximum atomic E-state index is 13.1. The Morgan fingerprint density at radius 3 is 2.31 bits per heavy atom. The zero-order chi connectivity index (χ0) is 20.2. The molecule has 29 heavy (non-hydrogen) atoms. The van der Waals surface area contributed by atoms with Gasteiger partial charge in [-0.3, -0.25) is 9.59 Å². The molecule has 4 nitrogen and oxygen atoms in total. The number of fused-ring (bicyclic) bond motifs is 1. The number of hydrogen-bond donors (Lipinski definition) is 1. The molecule has 152 valence electrons. The Morgan fingerprint density at radius 2 is 1.55 bits per heavy atom. The number of carbonyl (C=O) groups is 2. The van der Waals surface area contributed by atoms with Crippen LogP contribution in [0.4, 0.5) is 4.39 Å². The smallest absolute Gasteiger partial charge is 0.254 e. The van der Waals surface area contributed by atoms with E-state index in [0.29, 0.717) is 29.6 Å². The van der Waals surface area contributed by atoms with Gasteiger partial charge in [-0.2, -0.15) is 0 Å². The first-order valence-corrected chi connectivity index (χ1v) is 10.6. The summed E-state index contributed by atoms with van der Waals surface area (Å²) in [5.74, 6) is 0.227. The van der Waals surface area contributed by atoms with Crippen LogP contribution in [-0.4, -0.2) is 29.3 Å². The highest BCUT2D eigenvalue weighted by atomic mass is 19.1. The van der Waals surface area contributed by atoms with Crippen LogP contribution in [0, 0.1) is 11.7 Å². The Morgan fingerprint density at radius 1 is 0.897 bits per heavy atom. The number of halogens is 1. The predicted molar refractivity (Wildman–Crippen MR) is 110 cm³/mol. The molecule has 0 aromatic heterocycles. The number of amides is 2. The van der Waals surface area contributed by atoms with E-state index in [-0.39, 0.29) is 17.6 Å². The first-order chi connectivity index (χ1) is 14.1. The third-order valence-corrected chi connectivity index (χ3v) is 6.26. The summed E-state index contributed by atoms with van der Waals surface area (Å²) in [5.41, 5.74) is 1.99. The van der Waals surface area contributed by atoms with Crippen LogP contribution in [-0.2, 0) is 6.54 Å². The van der Waals surface area contributed by atoms with Gasteiger partial charge in [-0.05, 0) is 73.6 Å². The van der Waals surface area contributed by atoms with Crippen molar-refractivity contribution < 1.29 is 14.0 Å². The Hall–Kier alpha value is -2.69. The lowest BCUT2D eigenvalue weighted by Crippen LogP contribution is -2.49. The quantitative estimate of drug-likeness (QED) is 0.827. The van der Waals surface area contributed by atoms with Gasteiger partial charge in [-0.15, -0.1) is 0 Å². The van der Waals surface area contributed by atoms with Crippen LogP contribution in [0.2, 0.25) is 0 Å². The molecular formula is C24H27FN2O2. The van der Waals surface area contributed by atoms with Crippen molar-refractivity contribution in [1.29, 1.82) is 0 Å². The predicted octanol–water partition coefficient (Wildman–Crippen LogP) is 4.55. The molecule has 2 atom stereocenters. The lowest BCUT2D eigenvalue weighted by atomic mass is 9.78. The van der Waals surface area contributed by atoms with E-state index in [0.717, 1.165) is 24.9 Å². The topological polar surface area (TPSA) is 49.4 Å². The highest BCUT2D eigenvalue weighted by Crippen LogP contribution is 2.35. The molecule has 2 aliphatic rings. The third kappa shape index (κ3) is 4.50. The van der Waals surface area contributed by atoms with Crippen molar-refractivity contribution in [2.24, 2.45) is 5.92 Å². The van der Waals surface area contributed by atoms with Crippen molar-refractivity contribution in [3.8, 4) is 0 Å². The van der Waals surface area contributed by atoms with E-state index in [4.69, 9.17) is 0 Å². The fourth-order valence-electron chi connectivity index (χ4n) is 4.69. The zero-order valence-electron chi connectivity index (χ0n) is 16.6. The van der Waals surface area contributed by atoms with E-state index in [1.165, 1.54) is 37.8 Å². The molecule has 1 N–H and O–H groups in total. The largest absolute Gasteiger partial charge is 0.348 e. The number of nitrogens with zero attached hydrogens (tertiary/aromatic N) is 1. The van der Waals surface area contributed by atoms with E-state index < -0.39 is 0 Å². The minimum Gasteiger partial charge on any atom is -0.348 e. The number of nitrogens with one attached hydrogen (secondary N) is 1. The minimum absolute atomic E-state index is 0.0832. The normalized spacial score (nSPS) is 21.3. The second-order valence-corrected chi connectivity index (χ2v) is 8.14. The summed E-state index contributed by atoms with van der Waals surface area (Å²) < 4.78 is 13.0. The first-order valence-electron chi connectivity index (χ1n) is 10.6. The van der Waals surface area contributed by atoms with E-state index in [9.17, 15) is 14.0 Å². The van der Waals surface area contributed by atoms with E-state index in [1.807, 2.05) is 0 Å². The number of rotatable bonds is 4. The van der Waals surface area contributed by atoms with Gasteiger partial charge < -0.3 is 10.2 Å². The summed E-state index contributed by atoms with van der Waals surface area (Å²) in [5, 5.41) is 2.83. The highest BCUT2D eigenvalue weighted by Gasteiger charge is 2.35. The molecule has 1 saturated heterocycles. The van der Waals surface area contributed by atoms with Gasteiger partial charge in [0, 0.05) is 30.3 Å². The molecule has 0 spiro atoms. The fourth-order valence-corrected chi connectivity index (χ4v) is 4.69. The molecule has 2 unspecified atom stereocenters. The standard InChI is InChI=1S/C24H27FN2O2/c25-21-13-7-17(8-14-21)16-26-23(28)19-9-11-20(12-10-19)24(29)27-15-3-5-18-4-1-2-6-22(18)27/h7-14,18,22H,1-6,15-16H2,(H,26,28). The number of benzene rings is 2. The Balaban J connectivity index is 1.38. The van der Waals surface area contributed by atoms with Gasteiger partial charge in [0.05, 0.1) is 0 Å². The first kappa shape index (κ1) is 19.6. The molecule has 1 aliphatic carbocycles. The minimum atomic E-state index is -0.298. The highest BCUT2D eigenvalue weighted by molar-refractivity contribution is 5.98. The monoisotopic (exact) mass is 394 g/mol. The Bertz CT molecular complexity index is 861. The van der Waals surface area contributed by atoms with Crippen LogP contribution < -0.4 is 5.32 Å². The lowest BCUT2D eigenvalue weighted by molar-refractivity contribution is 0.0390. The average molecular weight is 394 g/mol. The van der Waals surface area contributed by atoms with Crippen LogP contribution in [0.3, 0.4) is 0 Å². The molecule has 2 fully saturated rings. The van der Waals surface area contributed by atoms with E-state index in [1.54, 1.807) is 36.4 Å². The summed E-state index contributed by atoms with van der Waals surface area (Å²) in [6.45, 7) is 1.16. The molecule has 2 aromatic carbocycles. The number of piperidine rings is 1. The van der Waals surface area contributed by atoms with Gasteiger partial charge in [-0.25, -0.2) is 4.39 Å². The number of hydrogen-bond acceptors (Lipinski definition) is 2. The molecule has 2 amide bonds. The van der Waals surface area contributed by atoms with Crippen molar-refractivity contribution in [2.75, 3.05) is 6.54 Å². The van der Waals surface area contributed by atoms with Crippen LogP contribution in [0.1, 0.15) is 64.8 Å². The van der Waals surface area contributed by atoms with Crippen LogP contribution in [0.25, 0.3) is 0 Å². The number of likely N-dealkylation sites (tertiary alicyclic amines) is 1. The molecule has 1 heterocycles. The summed E-state index contributed by atoms with van der Waals surface area (Å²) in [6, 6.07) is 13.3.